The number of amides is 2. The first-order valence-electron chi connectivity index (χ1n) is 7.32. The Hall–Kier alpha value is -2.24. The van der Waals surface area contributed by atoms with E-state index in [9.17, 15) is 9.59 Å². The molecule has 0 bridgehead atoms. The Kier molecular flexibility index (Phi) is 7.22. The fourth-order valence-electron chi connectivity index (χ4n) is 2.01. The first kappa shape index (κ1) is 17.8. The summed E-state index contributed by atoms with van der Waals surface area (Å²) in [6.07, 6.45) is 1.07. The van der Waals surface area contributed by atoms with Crippen LogP contribution in [0.2, 0.25) is 0 Å². The molecule has 1 rings (SSSR count). The molecule has 0 aliphatic heterocycles. The maximum Gasteiger partial charge on any atom is 0.326 e. The Morgan fingerprint density at radius 1 is 1.23 bits per heavy atom. The minimum atomic E-state index is -1.01. The Morgan fingerprint density at radius 2 is 1.86 bits per heavy atom. The zero-order valence-electron chi connectivity index (χ0n) is 13.3. The molecular weight excluding hydrogens is 284 g/mol. The molecule has 0 aliphatic carbocycles. The molecule has 1 aromatic carbocycles. The van der Waals surface area contributed by atoms with Gasteiger partial charge in [0.1, 0.15) is 11.8 Å². The molecule has 0 aliphatic rings. The molecule has 0 spiro atoms. The molecule has 0 saturated heterocycles. The van der Waals surface area contributed by atoms with E-state index >= 15 is 0 Å². The second-order valence-corrected chi connectivity index (χ2v) is 5.52. The number of carbonyl (C=O) groups is 2. The highest BCUT2D eigenvalue weighted by Gasteiger charge is 2.20. The molecule has 122 valence electrons. The number of carboxylic acids is 1. The quantitative estimate of drug-likeness (QED) is 0.686. The van der Waals surface area contributed by atoms with Crippen molar-refractivity contribution in [1.29, 1.82) is 0 Å². The summed E-state index contributed by atoms with van der Waals surface area (Å²) in [6, 6.07) is 6.26. The van der Waals surface area contributed by atoms with Crippen LogP contribution in [0, 0.1) is 5.92 Å². The first-order valence-corrected chi connectivity index (χ1v) is 7.32. The number of ether oxygens (including phenoxy) is 1. The molecule has 0 saturated carbocycles. The lowest BCUT2D eigenvalue weighted by Gasteiger charge is -2.16. The van der Waals surface area contributed by atoms with E-state index in [1.54, 1.807) is 7.11 Å². The van der Waals surface area contributed by atoms with Crippen LogP contribution in [0.4, 0.5) is 4.79 Å². The average Bonchev–Trinajstić information content (AvgIpc) is 2.46. The van der Waals surface area contributed by atoms with Crippen molar-refractivity contribution in [3.63, 3.8) is 0 Å². The van der Waals surface area contributed by atoms with Gasteiger partial charge in [-0.1, -0.05) is 26.0 Å². The van der Waals surface area contributed by atoms with E-state index in [2.05, 4.69) is 10.6 Å². The highest BCUT2D eigenvalue weighted by atomic mass is 16.5. The van der Waals surface area contributed by atoms with Gasteiger partial charge in [0, 0.05) is 6.54 Å². The van der Waals surface area contributed by atoms with Crippen LogP contribution < -0.4 is 15.4 Å². The smallest absolute Gasteiger partial charge is 0.326 e. The van der Waals surface area contributed by atoms with Crippen molar-refractivity contribution in [3.8, 4) is 5.75 Å². The van der Waals surface area contributed by atoms with Crippen LogP contribution in [0.25, 0.3) is 0 Å². The van der Waals surface area contributed by atoms with E-state index in [-0.39, 0.29) is 5.92 Å². The Balaban J connectivity index is 2.36. The fraction of sp³-hybridized carbons (Fsp3) is 0.500. The maximum absolute atomic E-state index is 11.7. The van der Waals surface area contributed by atoms with Crippen LogP contribution in [-0.4, -0.2) is 36.8 Å². The number of hydrogen-bond acceptors (Lipinski definition) is 3. The molecule has 1 aromatic rings. The van der Waals surface area contributed by atoms with E-state index in [0.29, 0.717) is 19.4 Å². The van der Waals surface area contributed by atoms with Crippen molar-refractivity contribution in [3.05, 3.63) is 29.8 Å². The van der Waals surface area contributed by atoms with Gasteiger partial charge in [0.2, 0.25) is 0 Å². The van der Waals surface area contributed by atoms with Crippen LogP contribution >= 0.6 is 0 Å². The fourth-order valence-corrected chi connectivity index (χ4v) is 2.01. The monoisotopic (exact) mass is 308 g/mol. The predicted molar refractivity (Wildman–Crippen MR) is 84.1 cm³/mol. The Bertz CT molecular complexity index is 485. The third-order valence-corrected chi connectivity index (χ3v) is 3.17. The number of carboxylic acid groups (broad SMARTS) is 1. The number of benzene rings is 1. The van der Waals surface area contributed by atoms with Gasteiger partial charge in [-0.3, -0.25) is 0 Å². The van der Waals surface area contributed by atoms with Crippen molar-refractivity contribution in [1.82, 2.24) is 10.6 Å². The summed E-state index contributed by atoms with van der Waals surface area (Å²) in [7, 11) is 1.61. The molecule has 1 atom stereocenters. The molecule has 22 heavy (non-hydrogen) atoms. The predicted octanol–water partition coefficient (Wildman–Crippen LogP) is 2.04. The number of nitrogens with one attached hydrogen (secondary N) is 2. The number of methoxy groups -OCH3 is 1. The zero-order valence-corrected chi connectivity index (χ0v) is 13.3. The summed E-state index contributed by atoms with van der Waals surface area (Å²) in [5.74, 6) is -0.0351. The lowest BCUT2D eigenvalue weighted by molar-refractivity contribution is -0.139. The van der Waals surface area contributed by atoms with E-state index in [0.717, 1.165) is 11.3 Å². The maximum atomic E-state index is 11.7. The average molecular weight is 308 g/mol. The normalized spacial score (nSPS) is 11.8. The van der Waals surface area contributed by atoms with Crippen molar-refractivity contribution in [2.24, 2.45) is 5.92 Å². The minimum absolute atomic E-state index is 0.195. The molecule has 0 aromatic heterocycles. The van der Waals surface area contributed by atoms with Crippen molar-refractivity contribution >= 4 is 12.0 Å². The lowest BCUT2D eigenvalue weighted by Crippen LogP contribution is -2.47. The molecular formula is C16H24N2O4. The van der Waals surface area contributed by atoms with Gasteiger partial charge in [-0.15, -0.1) is 0 Å². The van der Waals surface area contributed by atoms with Crippen LogP contribution in [0.3, 0.4) is 0 Å². The summed E-state index contributed by atoms with van der Waals surface area (Å²) < 4.78 is 5.07. The molecule has 0 heterocycles. The Labute approximate surface area is 130 Å². The van der Waals surface area contributed by atoms with Crippen molar-refractivity contribution in [2.45, 2.75) is 32.7 Å². The van der Waals surface area contributed by atoms with Gasteiger partial charge < -0.3 is 20.5 Å². The number of urea groups is 1. The van der Waals surface area contributed by atoms with Crippen LogP contribution in [-0.2, 0) is 11.2 Å². The summed E-state index contributed by atoms with van der Waals surface area (Å²) in [5, 5.41) is 14.2. The number of carbonyl (C=O) groups excluding carboxylic acids is 1. The van der Waals surface area contributed by atoms with Gasteiger partial charge in [-0.25, -0.2) is 9.59 Å². The van der Waals surface area contributed by atoms with Crippen LogP contribution in [0.5, 0.6) is 5.75 Å². The molecule has 0 fully saturated rings. The summed E-state index contributed by atoms with van der Waals surface area (Å²) in [5.41, 5.74) is 1.07. The molecule has 6 heteroatoms. The van der Waals surface area contributed by atoms with Crippen LogP contribution in [0.1, 0.15) is 25.8 Å². The summed E-state index contributed by atoms with van der Waals surface area (Å²) in [4.78, 5) is 22.8. The molecule has 0 radical (unpaired) electrons. The summed E-state index contributed by atoms with van der Waals surface area (Å²) in [6.45, 7) is 4.27. The lowest BCUT2D eigenvalue weighted by atomic mass is 10.0. The SMILES string of the molecule is COc1ccc(CCNC(=O)N[C@@H](CC(C)C)C(=O)O)cc1. The van der Waals surface area contributed by atoms with E-state index in [1.165, 1.54) is 0 Å². The van der Waals surface area contributed by atoms with Gasteiger partial charge >= 0.3 is 12.0 Å². The summed E-state index contributed by atoms with van der Waals surface area (Å²) >= 11 is 0. The highest BCUT2D eigenvalue weighted by Crippen LogP contribution is 2.11. The first-order chi connectivity index (χ1) is 10.4. The molecule has 0 unspecified atom stereocenters. The van der Waals surface area contributed by atoms with Crippen LogP contribution in [0.15, 0.2) is 24.3 Å². The number of hydrogen-bond donors (Lipinski definition) is 3. The van der Waals surface area contributed by atoms with Gasteiger partial charge in [-0.05, 0) is 36.5 Å². The molecule has 3 N–H and O–H groups in total. The van der Waals surface area contributed by atoms with E-state index in [4.69, 9.17) is 9.84 Å². The second-order valence-electron chi connectivity index (χ2n) is 5.52. The van der Waals surface area contributed by atoms with Gasteiger partial charge in [0.15, 0.2) is 0 Å². The van der Waals surface area contributed by atoms with E-state index < -0.39 is 18.0 Å². The van der Waals surface area contributed by atoms with Gasteiger partial charge in [0.25, 0.3) is 0 Å². The zero-order chi connectivity index (χ0) is 16.5. The standard InChI is InChI=1S/C16H24N2O4/c1-11(2)10-14(15(19)20)18-16(21)17-9-8-12-4-6-13(22-3)7-5-12/h4-7,11,14H,8-10H2,1-3H3,(H,19,20)(H2,17,18,21)/t14-/m0/s1. The third kappa shape index (κ3) is 6.47. The highest BCUT2D eigenvalue weighted by molar-refractivity contribution is 5.82. The second kappa shape index (κ2) is 8.92. The Morgan fingerprint density at radius 3 is 2.36 bits per heavy atom. The number of rotatable bonds is 8. The van der Waals surface area contributed by atoms with Crippen molar-refractivity contribution in [2.75, 3.05) is 13.7 Å². The topological polar surface area (TPSA) is 87.7 Å². The van der Waals surface area contributed by atoms with Gasteiger partial charge in [0.05, 0.1) is 7.11 Å². The minimum Gasteiger partial charge on any atom is -0.497 e. The number of aliphatic carboxylic acids is 1. The van der Waals surface area contributed by atoms with E-state index in [1.807, 2.05) is 38.1 Å². The van der Waals surface area contributed by atoms with Gasteiger partial charge in [-0.2, -0.15) is 0 Å². The molecule has 2 amide bonds. The van der Waals surface area contributed by atoms with Crippen molar-refractivity contribution < 1.29 is 19.4 Å². The molecule has 6 nitrogen and oxygen atoms in total. The third-order valence-electron chi connectivity index (χ3n) is 3.17. The largest absolute Gasteiger partial charge is 0.497 e.